The van der Waals surface area contributed by atoms with Gasteiger partial charge in [0, 0.05) is 12.8 Å². The molecule has 0 spiro atoms. The molecule has 0 aromatic rings. The number of esters is 2. The van der Waals surface area contributed by atoms with Crippen LogP contribution < -0.4 is 0 Å². The third kappa shape index (κ3) is 46.2. The van der Waals surface area contributed by atoms with Crippen LogP contribution in [0.25, 0.3) is 0 Å². The topological polar surface area (TPSA) is 108 Å². The minimum absolute atomic E-state index is 0.182. The molecule has 9 heteroatoms. The van der Waals surface area contributed by atoms with E-state index in [1.54, 1.807) is 0 Å². The number of carbonyl (C=O) groups is 3. The number of hydrogen-bond acceptors (Lipinski definition) is 7. The highest BCUT2D eigenvalue weighted by Crippen LogP contribution is 2.13. The highest BCUT2D eigenvalue weighted by molar-refractivity contribution is 5.71. The van der Waals surface area contributed by atoms with E-state index in [4.69, 9.17) is 18.9 Å². The molecule has 0 aromatic carbocycles. The van der Waals surface area contributed by atoms with Crippen molar-refractivity contribution in [1.29, 1.82) is 0 Å². The Labute approximate surface area is 391 Å². The minimum atomic E-state index is -1.51. The number of likely N-dealkylation sites (N-methyl/N-ethyl adjacent to an activating group) is 1. The van der Waals surface area contributed by atoms with Crippen molar-refractivity contribution < 1.29 is 42.9 Å². The zero-order valence-electron chi connectivity index (χ0n) is 41.2. The van der Waals surface area contributed by atoms with Crippen molar-refractivity contribution in [3.8, 4) is 0 Å². The first-order chi connectivity index (χ1) is 31.1. The van der Waals surface area contributed by atoms with Crippen molar-refractivity contribution in [1.82, 2.24) is 0 Å². The summed E-state index contributed by atoms with van der Waals surface area (Å²) in [5, 5.41) is 9.61. The van der Waals surface area contributed by atoms with E-state index in [0.29, 0.717) is 23.9 Å². The average molecular weight is 895 g/mol. The smallest absolute Gasteiger partial charge is 0.361 e. The van der Waals surface area contributed by atoms with Crippen LogP contribution in [0.2, 0.25) is 0 Å². The van der Waals surface area contributed by atoms with Gasteiger partial charge in [-0.25, -0.2) is 4.79 Å². The Bertz CT molecular complexity index is 1370. The van der Waals surface area contributed by atoms with E-state index < -0.39 is 24.3 Å². The molecule has 0 bridgehead atoms. The van der Waals surface area contributed by atoms with Crippen LogP contribution in [0.5, 0.6) is 0 Å². The molecule has 364 valence electrons. The van der Waals surface area contributed by atoms with Crippen LogP contribution in [-0.2, 0) is 33.3 Å². The highest BCUT2D eigenvalue weighted by atomic mass is 16.7. The molecule has 0 rings (SSSR count). The number of allylic oxidation sites excluding steroid dienone is 16. The van der Waals surface area contributed by atoms with Crippen LogP contribution in [0.1, 0.15) is 174 Å². The summed E-state index contributed by atoms with van der Waals surface area (Å²) in [5.74, 6) is -2.04. The van der Waals surface area contributed by atoms with Gasteiger partial charge in [0.1, 0.15) is 13.2 Å². The van der Waals surface area contributed by atoms with Gasteiger partial charge in [-0.05, 0) is 77.0 Å². The van der Waals surface area contributed by atoms with Crippen LogP contribution in [0, 0.1) is 0 Å². The number of rotatable bonds is 44. The Balaban J connectivity index is 4.14. The van der Waals surface area contributed by atoms with Crippen LogP contribution in [0.15, 0.2) is 97.2 Å². The molecule has 64 heavy (non-hydrogen) atoms. The van der Waals surface area contributed by atoms with Gasteiger partial charge in [0.2, 0.25) is 0 Å². The molecule has 0 radical (unpaired) electrons. The molecule has 0 amide bonds. The predicted octanol–water partition coefficient (Wildman–Crippen LogP) is 13.8. The van der Waals surface area contributed by atoms with Gasteiger partial charge in [0.25, 0.3) is 6.29 Å². The van der Waals surface area contributed by atoms with E-state index >= 15 is 0 Å². The van der Waals surface area contributed by atoms with Gasteiger partial charge >= 0.3 is 17.9 Å². The summed E-state index contributed by atoms with van der Waals surface area (Å²) in [6.07, 6.45) is 58.0. The van der Waals surface area contributed by atoms with Crippen molar-refractivity contribution in [2.45, 2.75) is 187 Å². The number of carboxylic acids is 1. The van der Waals surface area contributed by atoms with Gasteiger partial charge in [0.15, 0.2) is 6.10 Å². The molecule has 0 heterocycles. The fraction of sp³-hybridized carbons (Fsp3) is 0.655. The third-order valence-corrected chi connectivity index (χ3v) is 10.1. The van der Waals surface area contributed by atoms with Gasteiger partial charge in [-0.2, -0.15) is 0 Å². The molecule has 9 nitrogen and oxygen atoms in total. The van der Waals surface area contributed by atoms with E-state index in [0.717, 1.165) is 103 Å². The van der Waals surface area contributed by atoms with E-state index in [-0.39, 0.29) is 32.2 Å². The van der Waals surface area contributed by atoms with Crippen molar-refractivity contribution in [3.63, 3.8) is 0 Å². The van der Waals surface area contributed by atoms with E-state index in [2.05, 4.69) is 111 Å². The highest BCUT2D eigenvalue weighted by Gasteiger charge is 2.25. The Morgan fingerprint density at radius 3 is 1.33 bits per heavy atom. The van der Waals surface area contributed by atoms with Gasteiger partial charge < -0.3 is 28.5 Å². The summed E-state index contributed by atoms with van der Waals surface area (Å²) in [6, 6.07) is 0. The van der Waals surface area contributed by atoms with Crippen molar-refractivity contribution in [2.24, 2.45) is 0 Å². The van der Waals surface area contributed by atoms with Crippen LogP contribution in [0.3, 0.4) is 0 Å². The molecule has 0 aliphatic heterocycles. The van der Waals surface area contributed by atoms with Gasteiger partial charge in [-0.15, -0.1) is 0 Å². The minimum Gasteiger partial charge on any atom is -0.477 e. The first kappa shape index (κ1) is 60.2. The first-order valence-electron chi connectivity index (χ1n) is 24.9. The molecule has 0 saturated heterocycles. The number of carboxylic acid groups (broad SMARTS) is 1. The normalized spacial score (nSPS) is 13.7. The standard InChI is InChI=1S/C55H91NO8/c1-6-8-10-12-14-15-16-17-18-19-20-21-22-23-24-25-26-27-28-29-30-31-32-33-34-35-36-37-38-39-40-42-44-46-53(58)64-51(49-62-52(57)45-43-41-13-11-9-7-2)50-63-55(54(59)60)61-48-47-56(3,4)5/h8,10,14-15,17-18,20-21,23-24,26-27,29-30,32-33,51,55H,6-7,9,11-13,16,19,22,25,28,31,34-50H2,1-5H3/p+1/b10-8-,15-14-,18-17-,21-20-,24-23-,27-26-,30-29-,33-32-. The quantitative estimate of drug-likeness (QED) is 0.0212. The fourth-order valence-corrected chi connectivity index (χ4v) is 6.26. The molecular formula is C55H92NO8+. The van der Waals surface area contributed by atoms with Gasteiger partial charge in [0.05, 0.1) is 34.4 Å². The second-order valence-electron chi connectivity index (χ2n) is 17.4. The summed E-state index contributed by atoms with van der Waals surface area (Å²) in [7, 11) is 5.94. The zero-order chi connectivity index (χ0) is 47.0. The Hall–Kier alpha value is -3.79. The number of hydrogen-bond donors (Lipinski definition) is 1. The first-order valence-corrected chi connectivity index (χ1v) is 24.9. The second kappa shape index (κ2) is 45.8. The summed E-state index contributed by atoms with van der Waals surface area (Å²) >= 11 is 0. The van der Waals surface area contributed by atoms with Crippen molar-refractivity contribution >= 4 is 17.9 Å². The Kier molecular flexibility index (Phi) is 43.1. The van der Waals surface area contributed by atoms with Crippen LogP contribution in [-0.4, -0.2) is 87.4 Å². The van der Waals surface area contributed by atoms with Gasteiger partial charge in [-0.3, -0.25) is 9.59 Å². The molecular weight excluding hydrogens is 803 g/mol. The average Bonchev–Trinajstić information content (AvgIpc) is 3.26. The molecule has 0 aliphatic rings. The number of carbonyl (C=O) groups excluding carboxylic acids is 2. The summed E-state index contributed by atoms with van der Waals surface area (Å²) in [4.78, 5) is 36.9. The molecule has 2 unspecified atom stereocenters. The van der Waals surface area contributed by atoms with Crippen LogP contribution >= 0.6 is 0 Å². The lowest BCUT2D eigenvalue weighted by Gasteiger charge is -2.25. The third-order valence-electron chi connectivity index (χ3n) is 10.1. The predicted molar refractivity (Wildman–Crippen MR) is 267 cm³/mol. The summed E-state index contributed by atoms with van der Waals surface area (Å²) in [6.45, 7) is 4.65. The molecule has 0 saturated carbocycles. The maximum Gasteiger partial charge on any atom is 0.361 e. The number of unbranched alkanes of at least 4 members (excludes halogenated alkanes) is 13. The Morgan fingerprint density at radius 1 is 0.484 bits per heavy atom. The SMILES string of the molecule is CC/C=C\C/C=C\C/C=C\C/C=C\C/C=C\C/C=C\C/C=C\C/C=C\CCCCCCCCCCC(=O)OC(COC(=O)CCCCCCCC)COC(OCC[N+](C)(C)C)C(=O)O. The maximum atomic E-state index is 12.7. The number of ether oxygens (including phenoxy) is 4. The Morgan fingerprint density at radius 2 is 0.891 bits per heavy atom. The maximum absolute atomic E-state index is 12.7. The molecule has 0 aromatic heterocycles. The van der Waals surface area contributed by atoms with E-state index in [1.165, 1.54) is 38.5 Å². The van der Waals surface area contributed by atoms with Gasteiger partial charge in [-0.1, -0.05) is 182 Å². The van der Waals surface area contributed by atoms with Crippen molar-refractivity contribution in [3.05, 3.63) is 97.2 Å². The lowest BCUT2D eigenvalue weighted by Crippen LogP contribution is -2.40. The second-order valence-corrected chi connectivity index (χ2v) is 17.4. The molecule has 0 aliphatic carbocycles. The fourth-order valence-electron chi connectivity index (χ4n) is 6.26. The monoisotopic (exact) mass is 895 g/mol. The zero-order valence-corrected chi connectivity index (χ0v) is 41.2. The largest absolute Gasteiger partial charge is 0.477 e. The van der Waals surface area contributed by atoms with E-state index in [1.807, 2.05) is 21.1 Å². The summed E-state index contributed by atoms with van der Waals surface area (Å²) in [5.41, 5.74) is 0. The summed E-state index contributed by atoms with van der Waals surface area (Å²) < 4.78 is 22.6. The lowest BCUT2D eigenvalue weighted by molar-refractivity contribution is -0.870. The number of quaternary nitrogens is 1. The van der Waals surface area contributed by atoms with E-state index in [9.17, 15) is 19.5 Å². The molecule has 0 fully saturated rings. The van der Waals surface area contributed by atoms with Crippen LogP contribution in [0.4, 0.5) is 0 Å². The van der Waals surface area contributed by atoms with Crippen molar-refractivity contribution in [2.75, 3.05) is 47.5 Å². The number of nitrogens with zero attached hydrogens (tertiary/aromatic N) is 1. The molecule has 1 N–H and O–H groups in total. The number of aliphatic carboxylic acids is 1. The lowest BCUT2D eigenvalue weighted by atomic mass is 10.1. The molecule has 2 atom stereocenters.